The average molecular weight is 216 g/mol. The molecule has 0 aromatic rings. The zero-order chi connectivity index (χ0) is 11.9. The van der Waals surface area contributed by atoms with Crippen LogP contribution in [0.5, 0.6) is 0 Å². The van der Waals surface area contributed by atoms with E-state index in [4.69, 9.17) is 9.78 Å². The van der Waals surface area contributed by atoms with Gasteiger partial charge in [-0.15, -0.1) is 0 Å². The van der Waals surface area contributed by atoms with Crippen LogP contribution in [0.25, 0.3) is 0 Å². The molecular weight excluding hydrogens is 192 g/mol. The fraction of sp³-hybridized carbons (Fsp3) is 0.917. The summed E-state index contributed by atoms with van der Waals surface area (Å²) in [5, 5.41) is 0. The fourth-order valence-electron chi connectivity index (χ4n) is 1.17. The molecule has 0 fully saturated rings. The molecule has 3 nitrogen and oxygen atoms in total. The van der Waals surface area contributed by atoms with Gasteiger partial charge in [-0.05, 0) is 33.6 Å². The van der Waals surface area contributed by atoms with Gasteiger partial charge in [0.25, 0.3) is 0 Å². The molecule has 90 valence electrons. The van der Waals surface area contributed by atoms with Crippen LogP contribution < -0.4 is 0 Å². The van der Waals surface area contributed by atoms with Crippen molar-refractivity contribution in [3.05, 3.63) is 0 Å². The first-order valence-electron chi connectivity index (χ1n) is 5.80. The van der Waals surface area contributed by atoms with Crippen molar-refractivity contribution in [2.24, 2.45) is 5.92 Å². The van der Waals surface area contributed by atoms with Crippen molar-refractivity contribution in [1.29, 1.82) is 0 Å². The Labute approximate surface area is 93.1 Å². The molecular formula is C12H24O3. The first kappa shape index (κ1) is 14.4. The molecule has 0 bridgehead atoms. The Morgan fingerprint density at radius 1 is 1.27 bits per heavy atom. The standard InChI is InChI=1S/C12H24O3/c1-6-8-9-10(7-2)11(13)14-15-12(3,4)5/h10H,6-9H2,1-5H3/t10-/m0/s1. The van der Waals surface area contributed by atoms with Gasteiger partial charge in [-0.25, -0.2) is 4.79 Å². The summed E-state index contributed by atoms with van der Waals surface area (Å²) in [7, 11) is 0. The summed E-state index contributed by atoms with van der Waals surface area (Å²) in [5.41, 5.74) is -0.432. The molecule has 3 heteroatoms. The molecule has 0 rings (SSSR count). The fourth-order valence-corrected chi connectivity index (χ4v) is 1.17. The first-order valence-corrected chi connectivity index (χ1v) is 5.80. The molecule has 0 aromatic carbocycles. The Bertz CT molecular complexity index is 182. The second kappa shape index (κ2) is 6.83. The van der Waals surface area contributed by atoms with E-state index in [1.165, 1.54) is 0 Å². The molecule has 1 atom stereocenters. The van der Waals surface area contributed by atoms with Crippen LogP contribution in [-0.4, -0.2) is 11.6 Å². The summed E-state index contributed by atoms with van der Waals surface area (Å²) < 4.78 is 0. The summed E-state index contributed by atoms with van der Waals surface area (Å²) >= 11 is 0. The summed E-state index contributed by atoms with van der Waals surface area (Å²) in [6.07, 6.45) is 3.86. The molecule has 0 aliphatic carbocycles. The molecule has 0 amide bonds. The van der Waals surface area contributed by atoms with Crippen LogP contribution in [0.3, 0.4) is 0 Å². The number of hydrogen-bond acceptors (Lipinski definition) is 3. The highest BCUT2D eigenvalue weighted by molar-refractivity contribution is 5.71. The molecule has 0 N–H and O–H groups in total. The zero-order valence-electron chi connectivity index (χ0n) is 10.6. The lowest BCUT2D eigenvalue weighted by Gasteiger charge is -2.19. The quantitative estimate of drug-likeness (QED) is 0.503. The Balaban J connectivity index is 3.94. The Morgan fingerprint density at radius 2 is 1.87 bits per heavy atom. The van der Waals surface area contributed by atoms with Crippen molar-refractivity contribution in [2.45, 2.75) is 65.9 Å². The number of carbonyl (C=O) groups is 1. The van der Waals surface area contributed by atoms with Crippen molar-refractivity contribution in [2.75, 3.05) is 0 Å². The minimum Gasteiger partial charge on any atom is -0.298 e. The normalized spacial score (nSPS) is 13.7. The number of unbranched alkanes of at least 4 members (excludes halogenated alkanes) is 1. The Morgan fingerprint density at radius 3 is 2.27 bits per heavy atom. The van der Waals surface area contributed by atoms with Gasteiger partial charge in [-0.1, -0.05) is 26.7 Å². The van der Waals surface area contributed by atoms with Crippen molar-refractivity contribution in [1.82, 2.24) is 0 Å². The van der Waals surface area contributed by atoms with Crippen LogP contribution in [0.2, 0.25) is 0 Å². The third kappa shape index (κ3) is 7.37. The average Bonchev–Trinajstić information content (AvgIpc) is 2.15. The maximum atomic E-state index is 11.6. The molecule has 0 saturated heterocycles. The minimum atomic E-state index is -0.432. The van der Waals surface area contributed by atoms with E-state index in [0.717, 1.165) is 25.7 Å². The van der Waals surface area contributed by atoms with Crippen molar-refractivity contribution < 1.29 is 14.6 Å². The van der Waals surface area contributed by atoms with E-state index in [2.05, 4.69) is 6.92 Å². The van der Waals surface area contributed by atoms with Crippen LogP contribution in [0, 0.1) is 5.92 Å². The van der Waals surface area contributed by atoms with Crippen LogP contribution in [0.1, 0.15) is 60.3 Å². The molecule has 0 aliphatic rings. The van der Waals surface area contributed by atoms with Gasteiger partial charge in [0.1, 0.15) is 5.60 Å². The third-order valence-electron chi connectivity index (χ3n) is 2.11. The van der Waals surface area contributed by atoms with Gasteiger partial charge in [0.15, 0.2) is 0 Å². The van der Waals surface area contributed by atoms with E-state index in [1.807, 2.05) is 27.7 Å². The second-order valence-corrected chi connectivity index (χ2v) is 4.85. The van der Waals surface area contributed by atoms with E-state index >= 15 is 0 Å². The second-order valence-electron chi connectivity index (χ2n) is 4.85. The van der Waals surface area contributed by atoms with Gasteiger partial charge in [-0.3, -0.25) is 4.89 Å². The van der Waals surface area contributed by atoms with E-state index in [0.29, 0.717) is 0 Å². The van der Waals surface area contributed by atoms with Gasteiger partial charge >= 0.3 is 5.97 Å². The number of hydrogen-bond donors (Lipinski definition) is 0. The Hall–Kier alpha value is -0.570. The van der Waals surface area contributed by atoms with E-state index in [9.17, 15) is 4.79 Å². The molecule has 0 heterocycles. The predicted molar refractivity (Wildman–Crippen MR) is 60.2 cm³/mol. The van der Waals surface area contributed by atoms with Crippen LogP contribution in [-0.2, 0) is 14.6 Å². The molecule has 0 radical (unpaired) electrons. The van der Waals surface area contributed by atoms with Crippen LogP contribution in [0.4, 0.5) is 0 Å². The molecule has 0 aliphatic heterocycles. The van der Waals surface area contributed by atoms with Gasteiger partial charge in [0, 0.05) is 0 Å². The molecule has 0 spiro atoms. The minimum absolute atomic E-state index is 0.0210. The van der Waals surface area contributed by atoms with Crippen molar-refractivity contribution >= 4 is 5.97 Å². The molecule has 0 unspecified atom stereocenters. The molecule has 15 heavy (non-hydrogen) atoms. The van der Waals surface area contributed by atoms with Gasteiger partial charge in [-0.2, -0.15) is 4.89 Å². The molecule has 0 saturated carbocycles. The first-order chi connectivity index (χ1) is 6.90. The van der Waals surface area contributed by atoms with Gasteiger partial charge < -0.3 is 0 Å². The lowest BCUT2D eigenvalue weighted by atomic mass is 10.00. The zero-order valence-corrected chi connectivity index (χ0v) is 10.6. The van der Waals surface area contributed by atoms with E-state index in [1.54, 1.807) is 0 Å². The van der Waals surface area contributed by atoms with Crippen LogP contribution >= 0.6 is 0 Å². The summed E-state index contributed by atoms with van der Waals surface area (Å²) in [6, 6.07) is 0. The highest BCUT2D eigenvalue weighted by Crippen LogP contribution is 2.16. The highest BCUT2D eigenvalue weighted by Gasteiger charge is 2.21. The molecule has 0 aromatic heterocycles. The van der Waals surface area contributed by atoms with Crippen LogP contribution in [0.15, 0.2) is 0 Å². The topological polar surface area (TPSA) is 35.5 Å². The maximum absolute atomic E-state index is 11.6. The largest absolute Gasteiger partial charge is 0.345 e. The highest BCUT2D eigenvalue weighted by atomic mass is 17.2. The number of rotatable bonds is 6. The monoisotopic (exact) mass is 216 g/mol. The van der Waals surface area contributed by atoms with Gasteiger partial charge in [0.2, 0.25) is 0 Å². The summed E-state index contributed by atoms with van der Waals surface area (Å²) in [4.78, 5) is 21.4. The number of carbonyl (C=O) groups excluding carboxylic acids is 1. The lowest BCUT2D eigenvalue weighted by Crippen LogP contribution is -2.25. The third-order valence-corrected chi connectivity index (χ3v) is 2.11. The lowest BCUT2D eigenvalue weighted by molar-refractivity contribution is -0.323. The summed E-state index contributed by atoms with van der Waals surface area (Å²) in [6.45, 7) is 9.68. The smallest absolute Gasteiger partial charge is 0.298 e. The van der Waals surface area contributed by atoms with E-state index < -0.39 is 5.60 Å². The maximum Gasteiger partial charge on any atom is 0.345 e. The predicted octanol–water partition coefficient (Wildman–Crippen LogP) is 3.48. The van der Waals surface area contributed by atoms with Gasteiger partial charge in [0.05, 0.1) is 5.92 Å². The van der Waals surface area contributed by atoms with Crippen molar-refractivity contribution in [3.8, 4) is 0 Å². The van der Waals surface area contributed by atoms with E-state index in [-0.39, 0.29) is 11.9 Å². The summed E-state index contributed by atoms with van der Waals surface area (Å²) in [5.74, 6) is -0.256. The SMILES string of the molecule is CCCC[C@H](CC)C(=O)OOC(C)(C)C. The van der Waals surface area contributed by atoms with Crippen molar-refractivity contribution in [3.63, 3.8) is 0 Å². The Kier molecular flexibility index (Phi) is 6.57.